The minimum Gasteiger partial charge on any atom is -0.340 e. The second-order valence-corrected chi connectivity index (χ2v) is 6.50. The van der Waals surface area contributed by atoms with E-state index < -0.39 is 0 Å². The van der Waals surface area contributed by atoms with Gasteiger partial charge in [0.25, 0.3) is 0 Å². The van der Waals surface area contributed by atoms with E-state index in [1.54, 1.807) is 0 Å². The van der Waals surface area contributed by atoms with Crippen LogP contribution < -0.4 is 0 Å². The van der Waals surface area contributed by atoms with E-state index in [0.717, 1.165) is 32.0 Å². The Morgan fingerprint density at radius 3 is 2.91 bits per heavy atom. The predicted octanol–water partition coefficient (Wildman–Crippen LogP) is 1.60. The summed E-state index contributed by atoms with van der Waals surface area (Å²) in [6.07, 6.45) is 7.45. The third kappa shape index (κ3) is 4.17. The molecule has 1 unspecified atom stereocenters. The Hall–Kier alpha value is -1.73. The van der Waals surface area contributed by atoms with Gasteiger partial charge in [0.2, 0.25) is 5.89 Å². The molecule has 2 aromatic rings. The maximum atomic E-state index is 5.06. The molecule has 126 valence electrons. The van der Waals surface area contributed by atoms with Crippen LogP contribution in [0.25, 0.3) is 0 Å². The van der Waals surface area contributed by atoms with E-state index in [-0.39, 0.29) is 0 Å². The Labute approximate surface area is 137 Å². The monoisotopic (exact) mass is 318 g/mol. The zero-order valence-corrected chi connectivity index (χ0v) is 14.3. The Morgan fingerprint density at radius 2 is 2.22 bits per heavy atom. The van der Waals surface area contributed by atoms with Gasteiger partial charge in [0.05, 0.1) is 18.6 Å². The summed E-state index contributed by atoms with van der Waals surface area (Å²) in [6.45, 7) is 5.83. The largest absolute Gasteiger partial charge is 0.340 e. The van der Waals surface area contributed by atoms with Crippen LogP contribution in [0, 0.1) is 6.92 Å². The van der Waals surface area contributed by atoms with E-state index >= 15 is 0 Å². The molecule has 1 aliphatic rings. The first kappa shape index (κ1) is 16.1. The minimum atomic E-state index is 0.574. The molecule has 3 heterocycles. The van der Waals surface area contributed by atoms with Crippen LogP contribution in [0.15, 0.2) is 17.0 Å². The summed E-state index contributed by atoms with van der Waals surface area (Å²) in [5.74, 6) is 1.41. The molecule has 0 saturated carbocycles. The molecule has 1 fully saturated rings. The van der Waals surface area contributed by atoms with Crippen molar-refractivity contribution < 1.29 is 4.52 Å². The van der Waals surface area contributed by atoms with Gasteiger partial charge in [0.15, 0.2) is 5.82 Å². The summed E-state index contributed by atoms with van der Waals surface area (Å²) in [6, 6.07) is 0.574. The molecule has 0 aromatic carbocycles. The predicted molar refractivity (Wildman–Crippen MR) is 86.6 cm³/mol. The molecule has 0 radical (unpaired) electrons. The normalized spacial score (nSPS) is 20.1. The summed E-state index contributed by atoms with van der Waals surface area (Å²) in [4.78, 5) is 13.4. The van der Waals surface area contributed by atoms with Crippen molar-refractivity contribution in [1.29, 1.82) is 0 Å². The summed E-state index contributed by atoms with van der Waals surface area (Å²) in [5, 5.41) is 4.00. The maximum Gasteiger partial charge on any atom is 0.223 e. The van der Waals surface area contributed by atoms with Gasteiger partial charge in [0, 0.05) is 39.3 Å². The molecular formula is C16H26N6O. The fraction of sp³-hybridized carbons (Fsp3) is 0.688. The van der Waals surface area contributed by atoms with Gasteiger partial charge in [-0.1, -0.05) is 5.16 Å². The molecule has 2 aromatic heterocycles. The third-order valence-electron chi connectivity index (χ3n) is 4.68. The van der Waals surface area contributed by atoms with Crippen molar-refractivity contribution in [2.45, 2.75) is 45.3 Å². The number of aryl methyl sites for hydroxylation is 2. The lowest BCUT2D eigenvalue weighted by atomic mass is 10.1. The van der Waals surface area contributed by atoms with Crippen molar-refractivity contribution in [3.8, 4) is 0 Å². The Bertz CT molecular complexity index is 622. The van der Waals surface area contributed by atoms with E-state index in [1.807, 2.05) is 19.4 Å². The van der Waals surface area contributed by atoms with Gasteiger partial charge in [-0.25, -0.2) is 4.98 Å². The van der Waals surface area contributed by atoms with Crippen molar-refractivity contribution >= 4 is 0 Å². The Morgan fingerprint density at radius 1 is 1.35 bits per heavy atom. The number of hydrogen-bond donors (Lipinski definition) is 0. The van der Waals surface area contributed by atoms with Crippen molar-refractivity contribution in [1.82, 2.24) is 29.5 Å². The van der Waals surface area contributed by atoms with Gasteiger partial charge >= 0.3 is 0 Å². The quantitative estimate of drug-likeness (QED) is 0.834. The van der Waals surface area contributed by atoms with E-state index in [4.69, 9.17) is 4.52 Å². The molecule has 1 saturated heterocycles. The van der Waals surface area contributed by atoms with Crippen LogP contribution >= 0.6 is 0 Å². The maximum absolute atomic E-state index is 5.06. The fourth-order valence-electron chi connectivity index (χ4n) is 3.26. The Balaban J connectivity index is 1.52. The third-order valence-corrected chi connectivity index (χ3v) is 4.68. The molecular weight excluding hydrogens is 292 g/mol. The van der Waals surface area contributed by atoms with Crippen molar-refractivity contribution in [3.63, 3.8) is 0 Å². The first-order chi connectivity index (χ1) is 11.1. The van der Waals surface area contributed by atoms with E-state index in [2.05, 4.69) is 43.6 Å². The first-order valence-electron chi connectivity index (χ1n) is 8.29. The van der Waals surface area contributed by atoms with E-state index in [0.29, 0.717) is 11.9 Å². The summed E-state index contributed by atoms with van der Waals surface area (Å²) in [7, 11) is 4.22. The summed E-state index contributed by atoms with van der Waals surface area (Å²) < 4.78 is 7.16. The van der Waals surface area contributed by atoms with Crippen LogP contribution in [0.1, 0.15) is 36.7 Å². The van der Waals surface area contributed by atoms with Crippen molar-refractivity contribution in [2.24, 2.45) is 7.05 Å². The van der Waals surface area contributed by atoms with Gasteiger partial charge in [-0.2, -0.15) is 4.98 Å². The molecule has 0 aliphatic carbocycles. The zero-order valence-electron chi connectivity index (χ0n) is 14.3. The molecule has 0 spiro atoms. The summed E-state index contributed by atoms with van der Waals surface area (Å²) in [5.41, 5.74) is 1.28. The highest BCUT2D eigenvalue weighted by Crippen LogP contribution is 2.18. The van der Waals surface area contributed by atoms with Gasteiger partial charge in [-0.3, -0.25) is 9.80 Å². The molecule has 0 amide bonds. The van der Waals surface area contributed by atoms with E-state index in [9.17, 15) is 0 Å². The lowest BCUT2D eigenvalue weighted by Gasteiger charge is -2.26. The van der Waals surface area contributed by atoms with Crippen LogP contribution in [-0.4, -0.2) is 55.7 Å². The first-order valence-corrected chi connectivity index (χ1v) is 8.29. The van der Waals surface area contributed by atoms with Crippen LogP contribution in [0.2, 0.25) is 0 Å². The number of likely N-dealkylation sites (tertiary alicyclic amines) is 1. The lowest BCUT2D eigenvalue weighted by Crippen LogP contribution is -2.33. The van der Waals surface area contributed by atoms with E-state index in [1.165, 1.54) is 25.0 Å². The van der Waals surface area contributed by atoms with Gasteiger partial charge < -0.3 is 9.09 Å². The second kappa shape index (κ2) is 7.23. The number of rotatable bonds is 5. The summed E-state index contributed by atoms with van der Waals surface area (Å²) >= 11 is 0. The molecule has 0 N–H and O–H groups in total. The van der Waals surface area contributed by atoms with Gasteiger partial charge in [-0.05, 0) is 32.9 Å². The number of nitrogens with zero attached hydrogens (tertiary/aromatic N) is 6. The minimum absolute atomic E-state index is 0.574. The molecule has 23 heavy (non-hydrogen) atoms. The second-order valence-electron chi connectivity index (χ2n) is 6.50. The van der Waals surface area contributed by atoms with Gasteiger partial charge in [-0.15, -0.1) is 0 Å². The molecule has 1 atom stereocenters. The number of imidazole rings is 1. The van der Waals surface area contributed by atoms with Crippen LogP contribution in [0.4, 0.5) is 0 Å². The van der Waals surface area contributed by atoms with Crippen LogP contribution in [0.3, 0.4) is 0 Å². The smallest absolute Gasteiger partial charge is 0.223 e. The van der Waals surface area contributed by atoms with Crippen LogP contribution in [0.5, 0.6) is 0 Å². The van der Waals surface area contributed by atoms with Crippen molar-refractivity contribution in [3.05, 3.63) is 29.9 Å². The number of hydrogen-bond acceptors (Lipinski definition) is 6. The zero-order chi connectivity index (χ0) is 16.2. The highest BCUT2D eigenvalue weighted by Gasteiger charge is 2.22. The highest BCUT2D eigenvalue weighted by atomic mass is 16.5. The molecule has 1 aliphatic heterocycles. The highest BCUT2D eigenvalue weighted by molar-refractivity contribution is 4.97. The average molecular weight is 318 g/mol. The molecule has 7 nitrogen and oxygen atoms in total. The molecule has 0 bridgehead atoms. The van der Waals surface area contributed by atoms with Gasteiger partial charge in [0.1, 0.15) is 0 Å². The topological polar surface area (TPSA) is 63.2 Å². The fourth-order valence-corrected chi connectivity index (χ4v) is 3.26. The average Bonchev–Trinajstić information content (AvgIpc) is 3.02. The molecule has 3 rings (SSSR count). The van der Waals surface area contributed by atoms with Crippen molar-refractivity contribution in [2.75, 3.05) is 20.1 Å². The number of aromatic nitrogens is 4. The lowest BCUT2D eigenvalue weighted by molar-refractivity contribution is 0.199. The standard InChI is InChI=1S/C16H26N6O/c1-13-18-16(19-23-13)11-20(2)14-5-4-7-22(8-6-14)10-15-9-17-12-21(15)3/h9,12,14H,4-8,10-11H2,1-3H3. The molecule has 7 heteroatoms. The van der Waals surface area contributed by atoms with Crippen LogP contribution in [-0.2, 0) is 20.1 Å². The Kier molecular flexibility index (Phi) is 5.07. The SMILES string of the molecule is Cc1nc(CN(C)C2CCCN(Cc3cncn3C)CC2)no1.